The second-order valence-corrected chi connectivity index (χ2v) is 2.23. The Hall–Kier alpha value is -1.02. The molecule has 1 aromatic heterocycles. The highest BCUT2D eigenvalue weighted by atomic mass is 32.1. The predicted molar refractivity (Wildman–Crippen MR) is 31.6 cm³/mol. The standard InChI is InChI=1S/C4H4N4S/c5-3-1-2-4-6-7-8-9-4/h1-2H2. The van der Waals surface area contributed by atoms with Gasteiger partial charge in [-0.3, -0.25) is 0 Å². The average molecular weight is 140 g/mol. The van der Waals surface area contributed by atoms with Crippen molar-refractivity contribution in [2.45, 2.75) is 12.8 Å². The first kappa shape index (κ1) is 6.11. The van der Waals surface area contributed by atoms with E-state index in [1.54, 1.807) is 0 Å². The highest BCUT2D eigenvalue weighted by molar-refractivity contribution is 7.05. The molecule has 0 aromatic carbocycles. The van der Waals surface area contributed by atoms with Gasteiger partial charge in [-0.1, -0.05) is 4.49 Å². The van der Waals surface area contributed by atoms with Gasteiger partial charge in [0.2, 0.25) is 0 Å². The largest absolute Gasteiger partial charge is 0.198 e. The van der Waals surface area contributed by atoms with E-state index in [-0.39, 0.29) is 0 Å². The van der Waals surface area contributed by atoms with E-state index in [1.807, 2.05) is 6.07 Å². The molecule has 0 unspecified atom stereocenters. The lowest BCUT2D eigenvalue weighted by molar-refractivity contribution is 0.887. The van der Waals surface area contributed by atoms with Crippen LogP contribution in [0.5, 0.6) is 0 Å². The van der Waals surface area contributed by atoms with Gasteiger partial charge in [0.25, 0.3) is 0 Å². The Bertz CT molecular complexity index is 199. The molecule has 0 aliphatic carbocycles. The van der Waals surface area contributed by atoms with Crippen LogP contribution in [0, 0.1) is 11.3 Å². The van der Waals surface area contributed by atoms with E-state index >= 15 is 0 Å². The molecule has 0 spiro atoms. The third-order valence-corrected chi connectivity index (χ3v) is 1.44. The molecule has 9 heavy (non-hydrogen) atoms. The van der Waals surface area contributed by atoms with E-state index in [0.717, 1.165) is 5.01 Å². The van der Waals surface area contributed by atoms with Crippen molar-refractivity contribution in [3.63, 3.8) is 0 Å². The molecule has 4 nitrogen and oxygen atoms in total. The third kappa shape index (κ3) is 1.74. The first-order valence-electron chi connectivity index (χ1n) is 2.44. The summed E-state index contributed by atoms with van der Waals surface area (Å²) in [4.78, 5) is 0. The normalized spacial score (nSPS) is 8.78. The molecule has 0 atom stereocenters. The van der Waals surface area contributed by atoms with Crippen molar-refractivity contribution in [1.29, 1.82) is 5.26 Å². The highest BCUT2D eigenvalue weighted by Crippen LogP contribution is 1.99. The van der Waals surface area contributed by atoms with Crippen LogP contribution in [0.1, 0.15) is 11.4 Å². The molecule has 0 aliphatic rings. The van der Waals surface area contributed by atoms with Gasteiger partial charge in [-0.05, 0) is 5.21 Å². The third-order valence-electron chi connectivity index (χ3n) is 0.790. The second kappa shape index (κ2) is 3.10. The molecule has 5 heteroatoms. The molecule has 0 saturated carbocycles. The average Bonchev–Trinajstić information content (AvgIpc) is 2.34. The van der Waals surface area contributed by atoms with Crippen LogP contribution in [-0.2, 0) is 6.42 Å². The van der Waals surface area contributed by atoms with E-state index in [1.165, 1.54) is 11.5 Å². The van der Waals surface area contributed by atoms with Crippen molar-refractivity contribution in [3.8, 4) is 6.07 Å². The second-order valence-electron chi connectivity index (χ2n) is 1.41. The Balaban J connectivity index is 2.41. The predicted octanol–water partition coefficient (Wildman–Crippen LogP) is 0.389. The summed E-state index contributed by atoms with van der Waals surface area (Å²) in [5, 5.41) is 16.0. The van der Waals surface area contributed by atoms with Crippen LogP contribution in [0.25, 0.3) is 0 Å². The summed E-state index contributed by atoms with van der Waals surface area (Å²) in [6.45, 7) is 0. The van der Waals surface area contributed by atoms with Gasteiger partial charge < -0.3 is 0 Å². The van der Waals surface area contributed by atoms with Gasteiger partial charge in [0.1, 0.15) is 5.01 Å². The van der Waals surface area contributed by atoms with Crippen molar-refractivity contribution < 1.29 is 0 Å². The Kier molecular flexibility index (Phi) is 2.10. The Labute approximate surface area is 56.3 Å². The van der Waals surface area contributed by atoms with Crippen LogP contribution >= 0.6 is 11.5 Å². The number of aryl methyl sites for hydroxylation is 1. The molecule has 1 aromatic rings. The maximum absolute atomic E-state index is 8.15. The zero-order valence-electron chi connectivity index (χ0n) is 4.61. The van der Waals surface area contributed by atoms with Gasteiger partial charge in [0, 0.05) is 24.4 Å². The van der Waals surface area contributed by atoms with Gasteiger partial charge in [0.05, 0.1) is 6.07 Å². The smallest absolute Gasteiger partial charge is 0.139 e. The monoisotopic (exact) mass is 140 g/mol. The Morgan fingerprint density at radius 3 is 3.11 bits per heavy atom. The number of rotatable bonds is 2. The van der Waals surface area contributed by atoms with Crippen LogP contribution in [0.2, 0.25) is 0 Å². The minimum atomic E-state index is 0.497. The Morgan fingerprint density at radius 1 is 1.67 bits per heavy atom. The SMILES string of the molecule is N#CCCc1nnns1. The minimum absolute atomic E-state index is 0.497. The van der Waals surface area contributed by atoms with E-state index in [2.05, 4.69) is 14.8 Å². The molecule has 0 fully saturated rings. The van der Waals surface area contributed by atoms with Gasteiger partial charge in [-0.2, -0.15) is 5.26 Å². The van der Waals surface area contributed by atoms with Crippen molar-refractivity contribution >= 4 is 11.5 Å². The highest BCUT2D eigenvalue weighted by Gasteiger charge is 1.94. The maximum atomic E-state index is 8.15. The number of nitrogens with zero attached hydrogens (tertiary/aromatic N) is 4. The van der Waals surface area contributed by atoms with Crippen LogP contribution in [0.3, 0.4) is 0 Å². The quantitative estimate of drug-likeness (QED) is 0.596. The molecule has 0 aliphatic heterocycles. The van der Waals surface area contributed by atoms with E-state index in [9.17, 15) is 0 Å². The molecule has 0 N–H and O–H groups in total. The fourth-order valence-electron chi connectivity index (χ4n) is 0.410. The van der Waals surface area contributed by atoms with Gasteiger partial charge in [0.15, 0.2) is 0 Å². The first-order valence-corrected chi connectivity index (χ1v) is 3.21. The molecular formula is C4H4N4S. The van der Waals surface area contributed by atoms with Crippen LogP contribution in [-0.4, -0.2) is 14.8 Å². The lowest BCUT2D eigenvalue weighted by Gasteiger charge is -1.79. The minimum Gasteiger partial charge on any atom is -0.198 e. The molecule has 0 amide bonds. The topological polar surface area (TPSA) is 62.5 Å². The van der Waals surface area contributed by atoms with Crippen LogP contribution in [0.15, 0.2) is 0 Å². The number of aromatic nitrogens is 3. The zero-order valence-corrected chi connectivity index (χ0v) is 5.43. The zero-order chi connectivity index (χ0) is 6.53. The molecule has 1 heterocycles. The van der Waals surface area contributed by atoms with Gasteiger partial charge >= 0.3 is 0 Å². The van der Waals surface area contributed by atoms with Crippen LogP contribution in [0.4, 0.5) is 0 Å². The van der Waals surface area contributed by atoms with E-state index in [0.29, 0.717) is 12.8 Å². The van der Waals surface area contributed by atoms with Crippen molar-refractivity contribution in [2.24, 2.45) is 0 Å². The summed E-state index contributed by atoms with van der Waals surface area (Å²) in [7, 11) is 0. The Morgan fingerprint density at radius 2 is 2.56 bits per heavy atom. The van der Waals surface area contributed by atoms with Crippen molar-refractivity contribution in [2.75, 3.05) is 0 Å². The van der Waals surface area contributed by atoms with Crippen molar-refractivity contribution in [1.82, 2.24) is 14.8 Å². The summed E-state index contributed by atoms with van der Waals surface area (Å²) in [5.41, 5.74) is 0. The molecule has 1 rings (SSSR count). The van der Waals surface area contributed by atoms with Gasteiger partial charge in [-0.25, -0.2) is 0 Å². The summed E-state index contributed by atoms with van der Waals surface area (Å²) in [5.74, 6) is 0. The summed E-state index contributed by atoms with van der Waals surface area (Å²) in [6, 6.07) is 2.02. The van der Waals surface area contributed by atoms with Gasteiger partial charge in [-0.15, -0.1) is 5.10 Å². The van der Waals surface area contributed by atoms with Crippen molar-refractivity contribution in [3.05, 3.63) is 5.01 Å². The molecule has 0 saturated heterocycles. The molecule has 46 valence electrons. The molecular weight excluding hydrogens is 136 g/mol. The summed E-state index contributed by atoms with van der Waals surface area (Å²) in [6.07, 6.45) is 1.17. The fraction of sp³-hybridized carbons (Fsp3) is 0.500. The number of nitriles is 1. The fourth-order valence-corrected chi connectivity index (χ4v) is 0.844. The lowest BCUT2D eigenvalue weighted by atomic mass is 10.3. The van der Waals surface area contributed by atoms with E-state index in [4.69, 9.17) is 5.26 Å². The lowest BCUT2D eigenvalue weighted by Crippen LogP contribution is -1.80. The van der Waals surface area contributed by atoms with E-state index < -0.39 is 0 Å². The summed E-state index contributed by atoms with van der Waals surface area (Å²) < 4.78 is 3.55. The number of hydrogen-bond acceptors (Lipinski definition) is 5. The molecule has 0 radical (unpaired) electrons. The maximum Gasteiger partial charge on any atom is 0.139 e. The summed E-state index contributed by atoms with van der Waals surface area (Å²) >= 11 is 1.24. The number of hydrogen-bond donors (Lipinski definition) is 0. The first-order chi connectivity index (χ1) is 4.43. The molecule has 0 bridgehead atoms. The van der Waals surface area contributed by atoms with Crippen LogP contribution < -0.4 is 0 Å².